The van der Waals surface area contributed by atoms with Crippen molar-refractivity contribution in [3.63, 3.8) is 0 Å². The number of hydrogen-bond acceptors (Lipinski definition) is 2. The molecule has 3 nitrogen and oxygen atoms in total. The topological polar surface area (TPSA) is 32.3 Å². The van der Waals surface area contributed by atoms with Gasteiger partial charge in [-0.3, -0.25) is 4.79 Å². The van der Waals surface area contributed by atoms with Gasteiger partial charge in [-0.25, -0.2) is 0 Å². The van der Waals surface area contributed by atoms with Crippen LogP contribution in [-0.2, 0) is 4.79 Å². The zero-order chi connectivity index (χ0) is 8.39. The van der Waals surface area contributed by atoms with E-state index in [2.05, 4.69) is 5.32 Å². The molecule has 66 valence electrons. The Morgan fingerprint density at radius 2 is 2.17 bits per heavy atom. The minimum atomic E-state index is 0.196. The van der Waals surface area contributed by atoms with E-state index < -0.39 is 0 Å². The van der Waals surface area contributed by atoms with Gasteiger partial charge in [0.15, 0.2) is 0 Å². The fraction of sp³-hybridized carbons (Fsp3) is 0.667. The summed E-state index contributed by atoms with van der Waals surface area (Å²) >= 11 is 0. The van der Waals surface area contributed by atoms with E-state index >= 15 is 0 Å². The van der Waals surface area contributed by atoms with Crippen LogP contribution in [0.5, 0.6) is 0 Å². The van der Waals surface area contributed by atoms with Crippen LogP contribution in [0.25, 0.3) is 0 Å². The Hall–Kier alpha value is -0.830. The molecule has 0 unspecified atom stereocenters. The molecule has 1 fully saturated rings. The lowest BCUT2D eigenvalue weighted by molar-refractivity contribution is -0.126. The molecule has 2 aliphatic rings. The predicted molar refractivity (Wildman–Crippen MR) is 46.7 cm³/mol. The van der Waals surface area contributed by atoms with Gasteiger partial charge in [0.25, 0.3) is 0 Å². The van der Waals surface area contributed by atoms with Crippen molar-refractivity contribution in [2.24, 2.45) is 0 Å². The van der Waals surface area contributed by atoms with Crippen LogP contribution in [0.4, 0.5) is 0 Å². The molecule has 0 radical (unpaired) electrons. The quantitative estimate of drug-likeness (QED) is 0.601. The lowest BCUT2D eigenvalue weighted by Crippen LogP contribution is -2.43. The first-order chi connectivity index (χ1) is 5.88. The summed E-state index contributed by atoms with van der Waals surface area (Å²) in [5, 5.41) is 3.29. The van der Waals surface area contributed by atoms with Crippen LogP contribution in [0.15, 0.2) is 12.2 Å². The summed E-state index contributed by atoms with van der Waals surface area (Å²) in [6, 6.07) is 0.480. The number of piperidine rings is 1. The molecule has 1 N–H and O–H groups in total. The monoisotopic (exact) mass is 166 g/mol. The normalized spacial score (nSPS) is 25.3. The van der Waals surface area contributed by atoms with Crippen LogP contribution in [0, 0.1) is 0 Å². The third kappa shape index (κ3) is 1.37. The second-order valence-corrected chi connectivity index (χ2v) is 3.37. The molecule has 1 amide bonds. The maximum atomic E-state index is 11.3. The molecule has 0 saturated carbocycles. The van der Waals surface area contributed by atoms with Gasteiger partial charge >= 0.3 is 0 Å². The van der Waals surface area contributed by atoms with Crippen molar-refractivity contribution in [1.29, 1.82) is 0 Å². The molecule has 0 bridgehead atoms. The minimum Gasteiger partial charge on any atom is -0.332 e. The summed E-state index contributed by atoms with van der Waals surface area (Å²) in [7, 11) is 0. The smallest absolute Gasteiger partial charge is 0.246 e. The maximum absolute atomic E-state index is 11.3. The lowest BCUT2D eigenvalue weighted by atomic mass is 10.1. The van der Waals surface area contributed by atoms with Crippen molar-refractivity contribution in [2.75, 3.05) is 19.6 Å². The molecular formula is C9H14N2O. The third-order valence-corrected chi connectivity index (χ3v) is 2.60. The number of nitrogens with zero attached hydrogens (tertiary/aromatic N) is 1. The SMILES string of the molecule is O=C1C=CCN1C1CCNCC1. The van der Waals surface area contributed by atoms with Crippen LogP contribution in [0.1, 0.15) is 12.8 Å². The van der Waals surface area contributed by atoms with E-state index in [4.69, 9.17) is 0 Å². The summed E-state index contributed by atoms with van der Waals surface area (Å²) in [5.74, 6) is 0.196. The maximum Gasteiger partial charge on any atom is 0.246 e. The molecule has 1 saturated heterocycles. The van der Waals surface area contributed by atoms with Crippen LogP contribution in [0.2, 0.25) is 0 Å². The lowest BCUT2D eigenvalue weighted by Gasteiger charge is -2.31. The van der Waals surface area contributed by atoms with Crippen LogP contribution in [-0.4, -0.2) is 36.5 Å². The van der Waals surface area contributed by atoms with E-state index in [1.807, 2.05) is 11.0 Å². The molecule has 0 aromatic heterocycles. The summed E-state index contributed by atoms with van der Waals surface area (Å²) in [6.45, 7) is 2.92. The molecule has 0 aromatic rings. The van der Waals surface area contributed by atoms with Gasteiger partial charge in [-0.05, 0) is 25.9 Å². The summed E-state index contributed by atoms with van der Waals surface area (Å²) in [5.41, 5.74) is 0. The van der Waals surface area contributed by atoms with Crippen molar-refractivity contribution in [3.05, 3.63) is 12.2 Å². The number of carbonyl (C=O) groups excluding carboxylic acids is 1. The van der Waals surface area contributed by atoms with E-state index in [0.717, 1.165) is 32.5 Å². The highest BCUT2D eigenvalue weighted by atomic mass is 16.2. The van der Waals surface area contributed by atoms with E-state index in [0.29, 0.717) is 6.04 Å². The van der Waals surface area contributed by atoms with Gasteiger partial charge in [-0.2, -0.15) is 0 Å². The number of amides is 1. The Kier molecular flexibility index (Phi) is 2.13. The molecule has 0 aliphatic carbocycles. The molecule has 0 aromatic carbocycles. The van der Waals surface area contributed by atoms with Crippen molar-refractivity contribution in [1.82, 2.24) is 10.2 Å². The average Bonchev–Trinajstić information content (AvgIpc) is 2.53. The standard InChI is InChI=1S/C9H14N2O/c12-9-2-1-7-11(9)8-3-5-10-6-4-8/h1-2,8,10H,3-7H2. The molecule has 3 heteroatoms. The fourth-order valence-corrected chi connectivity index (χ4v) is 1.90. The van der Waals surface area contributed by atoms with E-state index in [1.165, 1.54) is 0 Å². The Labute approximate surface area is 72.4 Å². The number of nitrogens with one attached hydrogen (secondary N) is 1. The first-order valence-corrected chi connectivity index (χ1v) is 4.56. The van der Waals surface area contributed by atoms with Crippen LogP contribution >= 0.6 is 0 Å². The van der Waals surface area contributed by atoms with Gasteiger partial charge in [0.05, 0.1) is 0 Å². The van der Waals surface area contributed by atoms with Crippen molar-refractivity contribution in [3.8, 4) is 0 Å². The van der Waals surface area contributed by atoms with Crippen LogP contribution in [0.3, 0.4) is 0 Å². The highest BCUT2D eigenvalue weighted by Gasteiger charge is 2.25. The molecular weight excluding hydrogens is 152 g/mol. The molecule has 0 spiro atoms. The van der Waals surface area contributed by atoms with Crippen molar-refractivity contribution < 1.29 is 4.79 Å². The average molecular weight is 166 g/mol. The molecule has 2 aliphatic heterocycles. The molecule has 2 rings (SSSR count). The minimum absolute atomic E-state index is 0.196. The van der Waals surface area contributed by atoms with Gasteiger partial charge < -0.3 is 10.2 Å². The predicted octanol–water partition coefficient (Wildman–Crippen LogP) is 0.137. The zero-order valence-electron chi connectivity index (χ0n) is 7.12. The first-order valence-electron chi connectivity index (χ1n) is 4.56. The summed E-state index contributed by atoms with van der Waals surface area (Å²) in [6.07, 6.45) is 5.84. The van der Waals surface area contributed by atoms with Gasteiger partial charge in [0.2, 0.25) is 5.91 Å². The Morgan fingerprint density at radius 1 is 1.42 bits per heavy atom. The highest BCUT2D eigenvalue weighted by Crippen LogP contribution is 2.15. The Bertz CT molecular complexity index is 207. The third-order valence-electron chi connectivity index (χ3n) is 2.60. The van der Waals surface area contributed by atoms with E-state index in [9.17, 15) is 4.79 Å². The summed E-state index contributed by atoms with van der Waals surface area (Å²) in [4.78, 5) is 13.3. The van der Waals surface area contributed by atoms with E-state index in [-0.39, 0.29) is 5.91 Å². The molecule has 0 atom stereocenters. The largest absolute Gasteiger partial charge is 0.332 e. The van der Waals surface area contributed by atoms with Gasteiger partial charge in [0.1, 0.15) is 0 Å². The highest BCUT2D eigenvalue weighted by molar-refractivity contribution is 5.90. The fourth-order valence-electron chi connectivity index (χ4n) is 1.90. The summed E-state index contributed by atoms with van der Waals surface area (Å²) < 4.78 is 0. The number of carbonyl (C=O) groups is 1. The van der Waals surface area contributed by atoms with Crippen molar-refractivity contribution >= 4 is 5.91 Å². The second-order valence-electron chi connectivity index (χ2n) is 3.37. The van der Waals surface area contributed by atoms with E-state index in [1.54, 1.807) is 6.08 Å². The Morgan fingerprint density at radius 3 is 2.75 bits per heavy atom. The number of hydrogen-bond donors (Lipinski definition) is 1. The van der Waals surface area contributed by atoms with Gasteiger partial charge in [0, 0.05) is 18.7 Å². The molecule has 12 heavy (non-hydrogen) atoms. The second kappa shape index (κ2) is 3.27. The van der Waals surface area contributed by atoms with Crippen molar-refractivity contribution in [2.45, 2.75) is 18.9 Å². The number of rotatable bonds is 1. The molecule has 2 heterocycles. The van der Waals surface area contributed by atoms with Crippen LogP contribution < -0.4 is 5.32 Å². The zero-order valence-corrected chi connectivity index (χ0v) is 7.12. The Balaban J connectivity index is 1.95. The van der Waals surface area contributed by atoms with Gasteiger partial charge in [-0.1, -0.05) is 6.08 Å². The van der Waals surface area contributed by atoms with Gasteiger partial charge in [-0.15, -0.1) is 0 Å². The first kappa shape index (κ1) is 7.80.